The third-order valence-electron chi connectivity index (χ3n) is 4.86. The number of aliphatic hydroxyl groups is 2. The minimum Gasteiger partial charge on any atom is -0.387 e. The van der Waals surface area contributed by atoms with Crippen molar-refractivity contribution in [3.05, 3.63) is 12.7 Å². The van der Waals surface area contributed by atoms with Crippen LogP contribution in [0.4, 0.5) is 5.82 Å². The molecule has 1 aliphatic carbocycles. The molecule has 0 aromatic carbocycles. The van der Waals surface area contributed by atoms with Gasteiger partial charge in [0.1, 0.15) is 24.1 Å². The van der Waals surface area contributed by atoms with Crippen LogP contribution in [0.2, 0.25) is 0 Å². The van der Waals surface area contributed by atoms with E-state index < -0.39 is 30.4 Å². The van der Waals surface area contributed by atoms with Gasteiger partial charge in [-0.3, -0.25) is 9.36 Å². The summed E-state index contributed by atoms with van der Waals surface area (Å²) in [6, 6.07) is 0.0982. The fourth-order valence-electron chi connectivity index (χ4n) is 3.52. The van der Waals surface area contributed by atoms with Gasteiger partial charge in [0.05, 0.1) is 6.33 Å². The van der Waals surface area contributed by atoms with Crippen LogP contribution in [-0.2, 0) is 9.53 Å². The van der Waals surface area contributed by atoms with Gasteiger partial charge in [-0.15, -0.1) is 0 Å². The van der Waals surface area contributed by atoms with E-state index in [2.05, 4.69) is 20.3 Å². The fourth-order valence-corrected chi connectivity index (χ4v) is 3.52. The number of rotatable bonds is 3. The van der Waals surface area contributed by atoms with E-state index >= 15 is 0 Å². The molecule has 134 valence electrons. The lowest BCUT2D eigenvalue weighted by Crippen LogP contribution is -2.45. The predicted octanol–water partition coefficient (Wildman–Crippen LogP) is -0.913. The first-order valence-corrected chi connectivity index (χ1v) is 8.31. The first-order valence-electron chi connectivity index (χ1n) is 8.31. The van der Waals surface area contributed by atoms with Crippen molar-refractivity contribution in [1.29, 1.82) is 0 Å². The summed E-state index contributed by atoms with van der Waals surface area (Å²) < 4.78 is 7.11. The number of ether oxygens (including phenoxy) is 1. The van der Waals surface area contributed by atoms with Gasteiger partial charge in [-0.25, -0.2) is 15.0 Å². The van der Waals surface area contributed by atoms with E-state index in [1.165, 1.54) is 17.2 Å². The highest BCUT2D eigenvalue weighted by molar-refractivity contribution is 5.83. The van der Waals surface area contributed by atoms with Crippen molar-refractivity contribution in [1.82, 2.24) is 24.8 Å². The zero-order valence-electron chi connectivity index (χ0n) is 13.4. The Morgan fingerprint density at radius 3 is 2.76 bits per heavy atom. The number of carbonyl (C=O) groups is 1. The largest absolute Gasteiger partial charge is 0.387 e. The molecule has 2 aromatic rings. The second-order valence-electron chi connectivity index (χ2n) is 6.50. The highest BCUT2D eigenvalue weighted by atomic mass is 16.6. The van der Waals surface area contributed by atoms with E-state index in [1.54, 1.807) is 0 Å². The number of hydrogen-bond donors (Lipinski definition) is 4. The number of nitrogen functional groups attached to an aromatic ring is 1. The molecule has 1 saturated carbocycles. The molecule has 0 spiro atoms. The van der Waals surface area contributed by atoms with Gasteiger partial charge in [-0.1, -0.05) is 12.8 Å². The number of imidazole rings is 1. The van der Waals surface area contributed by atoms with Crippen molar-refractivity contribution in [2.45, 2.75) is 56.3 Å². The zero-order valence-corrected chi connectivity index (χ0v) is 13.4. The zero-order chi connectivity index (χ0) is 17.6. The number of nitrogens with two attached hydrogens (primary N) is 1. The third-order valence-corrected chi connectivity index (χ3v) is 4.86. The normalized spacial score (nSPS) is 30.2. The van der Waals surface area contributed by atoms with Crippen molar-refractivity contribution in [3.63, 3.8) is 0 Å². The van der Waals surface area contributed by atoms with Crippen LogP contribution in [0.15, 0.2) is 12.7 Å². The second kappa shape index (κ2) is 6.21. The van der Waals surface area contributed by atoms with Crippen molar-refractivity contribution in [2.75, 3.05) is 5.73 Å². The van der Waals surface area contributed by atoms with E-state index in [0.717, 1.165) is 25.7 Å². The Morgan fingerprint density at radius 1 is 1.24 bits per heavy atom. The van der Waals surface area contributed by atoms with E-state index in [9.17, 15) is 15.0 Å². The van der Waals surface area contributed by atoms with Crippen molar-refractivity contribution >= 4 is 22.9 Å². The van der Waals surface area contributed by atoms with Crippen LogP contribution in [0.1, 0.15) is 31.9 Å². The van der Waals surface area contributed by atoms with E-state index in [-0.39, 0.29) is 11.9 Å². The maximum atomic E-state index is 12.4. The van der Waals surface area contributed by atoms with Crippen LogP contribution in [0, 0.1) is 0 Å². The number of fused-ring (bicyclic) bond motifs is 1. The summed E-state index contributed by atoms with van der Waals surface area (Å²) >= 11 is 0. The van der Waals surface area contributed by atoms with Gasteiger partial charge >= 0.3 is 0 Å². The van der Waals surface area contributed by atoms with Crippen molar-refractivity contribution in [2.24, 2.45) is 0 Å². The summed E-state index contributed by atoms with van der Waals surface area (Å²) in [6.07, 6.45) is 1.87. The van der Waals surface area contributed by atoms with Gasteiger partial charge in [-0.2, -0.15) is 0 Å². The maximum Gasteiger partial charge on any atom is 0.252 e. The predicted molar refractivity (Wildman–Crippen MR) is 86.1 cm³/mol. The van der Waals surface area contributed by atoms with Crippen LogP contribution >= 0.6 is 0 Å². The molecule has 2 fully saturated rings. The van der Waals surface area contributed by atoms with Crippen molar-refractivity contribution < 1.29 is 19.7 Å². The first kappa shape index (κ1) is 16.2. The van der Waals surface area contributed by atoms with Crippen LogP contribution < -0.4 is 11.1 Å². The Labute approximate surface area is 143 Å². The topological polar surface area (TPSA) is 148 Å². The first-order chi connectivity index (χ1) is 12.1. The molecule has 2 aromatic heterocycles. The molecule has 1 amide bonds. The van der Waals surface area contributed by atoms with E-state index in [0.29, 0.717) is 11.2 Å². The molecule has 0 unspecified atom stereocenters. The van der Waals surface area contributed by atoms with E-state index in [4.69, 9.17) is 10.5 Å². The Morgan fingerprint density at radius 2 is 2.00 bits per heavy atom. The van der Waals surface area contributed by atoms with Gasteiger partial charge in [0.15, 0.2) is 23.8 Å². The molecule has 10 nitrogen and oxygen atoms in total. The summed E-state index contributed by atoms with van der Waals surface area (Å²) in [7, 11) is 0. The highest BCUT2D eigenvalue weighted by Gasteiger charge is 2.48. The number of nitrogens with one attached hydrogen (secondary N) is 1. The average molecular weight is 348 g/mol. The minimum atomic E-state index is -1.34. The van der Waals surface area contributed by atoms with Gasteiger partial charge in [-0.05, 0) is 12.8 Å². The molecule has 5 N–H and O–H groups in total. The minimum absolute atomic E-state index is 0.0982. The number of hydrogen-bond acceptors (Lipinski definition) is 8. The molecule has 4 atom stereocenters. The Balaban J connectivity index is 1.56. The van der Waals surface area contributed by atoms with Crippen LogP contribution in [-0.4, -0.2) is 60.0 Å². The summed E-state index contributed by atoms with van der Waals surface area (Å²) in [5, 5.41) is 23.5. The van der Waals surface area contributed by atoms with Crippen LogP contribution in [0.3, 0.4) is 0 Å². The fraction of sp³-hybridized carbons (Fsp3) is 0.600. The SMILES string of the molecule is Nc1ncnc2c1ncn2[C@@H]1O[C@H](C(=O)NC2CCCC2)[C@@H](O)[C@H]1O. The molecule has 4 rings (SSSR count). The lowest BCUT2D eigenvalue weighted by atomic mass is 10.1. The van der Waals surface area contributed by atoms with E-state index in [1.807, 2.05) is 0 Å². The summed E-state index contributed by atoms with van der Waals surface area (Å²) in [4.78, 5) is 24.5. The Hall–Kier alpha value is -2.30. The number of amides is 1. The summed E-state index contributed by atoms with van der Waals surface area (Å²) in [5.74, 6) is -0.216. The van der Waals surface area contributed by atoms with Gasteiger partial charge < -0.3 is 26.0 Å². The summed E-state index contributed by atoms with van der Waals surface area (Å²) in [5.41, 5.74) is 6.48. The molecule has 1 aliphatic heterocycles. The monoisotopic (exact) mass is 348 g/mol. The quantitative estimate of drug-likeness (QED) is 0.557. The molecule has 25 heavy (non-hydrogen) atoms. The molecule has 2 aliphatic rings. The van der Waals surface area contributed by atoms with Crippen molar-refractivity contribution in [3.8, 4) is 0 Å². The average Bonchev–Trinajstić information content (AvgIpc) is 3.30. The Bertz CT molecular complexity index is 789. The standard InChI is InChI=1S/C15H20N6O4/c16-12-8-13(18-5-17-12)21(6-19-8)15-10(23)9(22)11(25-15)14(24)20-7-3-1-2-4-7/h5-7,9-11,15,22-23H,1-4H2,(H,20,24)(H2,16,17,18)/t9-,10+,11-,15+/m0/s1. The van der Waals surface area contributed by atoms with Gasteiger partial charge in [0, 0.05) is 6.04 Å². The Kier molecular flexibility index (Phi) is 4.02. The van der Waals surface area contributed by atoms with Gasteiger partial charge in [0.25, 0.3) is 5.91 Å². The highest BCUT2D eigenvalue weighted by Crippen LogP contribution is 2.32. The number of aliphatic hydroxyl groups excluding tert-OH is 2. The third kappa shape index (κ3) is 2.71. The maximum absolute atomic E-state index is 12.4. The lowest BCUT2D eigenvalue weighted by molar-refractivity contribution is -0.138. The number of nitrogens with zero attached hydrogens (tertiary/aromatic N) is 4. The molecular formula is C15H20N6O4. The number of aromatic nitrogens is 4. The number of anilines is 1. The molecule has 3 heterocycles. The molecule has 0 radical (unpaired) electrons. The number of carbonyl (C=O) groups excluding carboxylic acids is 1. The smallest absolute Gasteiger partial charge is 0.252 e. The van der Waals surface area contributed by atoms with Gasteiger partial charge in [0.2, 0.25) is 0 Å². The van der Waals surface area contributed by atoms with Crippen LogP contribution in [0.5, 0.6) is 0 Å². The molecule has 0 bridgehead atoms. The molecular weight excluding hydrogens is 328 g/mol. The lowest BCUT2D eigenvalue weighted by Gasteiger charge is -2.18. The molecule has 1 saturated heterocycles. The van der Waals surface area contributed by atoms with Crippen LogP contribution in [0.25, 0.3) is 11.2 Å². The molecule has 10 heteroatoms. The second-order valence-corrected chi connectivity index (χ2v) is 6.50. The summed E-state index contributed by atoms with van der Waals surface area (Å²) in [6.45, 7) is 0.